The molecule has 0 bridgehead atoms. The highest BCUT2D eigenvalue weighted by atomic mass is 32.2. The average molecular weight is 389 g/mol. The molecule has 0 aliphatic rings. The van der Waals surface area contributed by atoms with Gasteiger partial charge in [-0.2, -0.15) is 0 Å². The van der Waals surface area contributed by atoms with Gasteiger partial charge in [0, 0.05) is 5.56 Å². The number of carbonyl (C=O) groups excluding carboxylic acids is 1. The van der Waals surface area contributed by atoms with Gasteiger partial charge in [-0.25, -0.2) is 26.0 Å². The van der Waals surface area contributed by atoms with Crippen molar-refractivity contribution in [3.63, 3.8) is 0 Å². The first-order valence-electron chi connectivity index (χ1n) is 7.47. The van der Waals surface area contributed by atoms with Crippen LogP contribution < -0.4 is 0 Å². The lowest BCUT2D eigenvalue weighted by Gasteiger charge is -2.14. The third-order valence-corrected chi connectivity index (χ3v) is 4.91. The highest BCUT2D eigenvalue weighted by Crippen LogP contribution is 2.29. The van der Waals surface area contributed by atoms with Crippen LogP contribution in [0.25, 0.3) is 0 Å². The van der Waals surface area contributed by atoms with E-state index in [1.807, 2.05) is 13.8 Å². The third-order valence-electron chi connectivity index (χ3n) is 4.05. The zero-order valence-electron chi connectivity index (χ0n) is 13.6. The molecule has 0 saturated heterocycles. The van der Waals surface area contributed by atoms with E-state index in [1.165, 1.54) is 24.3 Å². The molecule has 0 aliphatic carbocycles. The van der Waals surface area contributed by atoms with Crippen LogP contribution in [0.4, 0.5) is 17.6 Å². The Hall–Kier alpha value is -2.26. The fourth-order valence-electron chi connectivity index (χ4n) is 2.37. The molecular formula is C17H13F4O4S-. The van der Waals surface area contributed by atoms with E-state index in [1.54, 1.807) is 0 Å². The second-order valence-electron chi connectivity index (χ2n) is 5.67. The molecule has 1 atom stereocenters. The summed E-state index contributed by atoms with van der Waals surface area (Å²) in [5.41, 5.74) is -1.02. The molecule has 0 radical (unpaired) electrons. The Morgan fingerprint density at radius 1 is 1.00 bits per heavy atom. The molecule has 0 heterocycles. The molecule has 1 unspecified atom stereocenters. The van der Waals surface area contributed by atoms with Gasteiger partial charge in [-0.05, 0) is 17.9 Å². The van der Waals surface area contributed by atoms with Crippen molar-refractivity contribution in [1.29, 1.82) is 0 Å². The monoisotopic (exact) mass is 389 g/mol. The van der Waals surface area contributed by atoms with Gasteiger partial charge >= 0.3 is 0 Å². The van der Waals surface area contributed by atoms with E-state index in [9.17, 15) is 35.3 Å². The minimum absolute atomic E-state index is 0.157. The third kappa shape index (κ3) is 3.49. The van der Waals surface area contributed by atoms with Crippen molar-refractivity contribution in [3.8, 4) is 0 Å². The van der Waals surface area contributed by atoms with Crippen molar-refractivity contribution in [2.24, 2.45) is 0 Å². The van der Waals surface area contributed by atoms with Gasteiger partial charge in [0.15, 0.2) is 29.1 Å². The normalized spacial score (nSPS) is 12.9. The van der Waals surface area contributed by atoms with E-state index in [4.69, 9.17) is 0 Å². The van der Waals surface area contributed by atoms with Crippen molar-refractivity contribution < 1.29 is 35.3 Å². The zero-order chi connectivity index (χ0) is 19.8. The fraction of sp³-hybridized carbons (Fsp3) is 0.235. The Morgan fingerprint density at radius 3 is 1.85 bits per heavy atom. The molecule has 0 amide bonds. The lowest BCUT2D eigenvalue weighted by molar-refractivity contribution is 0.102. The molecule has 0 saturated carbocycles. The number of carbonyl (C=O) groups is 1. The number of hydrogen-bond acceptors (Lipinski definition) is 4. The zero-order valence-corrected chi connectivity index (χ0v) is 14.5. The molecule has 2 aromatic carbocycles. The van der Waals surface area contributed by atoms with Crippen LogP contribution in [0.3, 0.4) is 0 Å². The summed E-state index contributed by atoms with van der Waals surface area (Å²) < 4.78 is 88.0. The van der Waals surface area contributed by atoms with Gasteiger partial charge in [0.25, 0.3) is 0 Å². The molecule has 140 valence electrons. The van der Waals surface area contributed by atoms with E-state index in [0.717, 1.165) is 12.0 Å². The standard InChI is InChI=1S/C17H14F4O4S/c1-3-8(2)9-4-6-10(7-5-9)16(22)11-12(18)14(20)17(26(23,24)25)15(21)13(11)19/h4-8H,3H2,1-2H3,(H,23,24,25)/p-1. The van der Waals surface area contributed by atoms with Crippen LogP contribution in [0.2, 0.25) is 0 Å². The minimum Gasteiger partial charge on any atom is -0.744 e. The van der Waals surface area contributed by atoms with Gasteiger partial charge in [-0.3, -0.25) is 4.79 Å². The van der Waals surface area contributed by atoms with E-state index in [2.05, 4.69) is 0 Å². The molecule has 2 rings (SSSR count). The summed E-state index contributed by atoms with van der Waals surface area (Å²) in [5.74, 6) is -10.6. The first kappa shape index (κ1) is 20.1. The van der Waals surface area contributed by atoms with Crippen LogP contribution in [-0.4, -0.2) is 18.8 Å². The lowest BCUT2D eigenvalue weighted by atomic mass is 9.95. The Labute approximate surface area is 147 Å². The fourth-order valence-corrected chi connectivity index (χ4v) is 2.99. The van der Waals surface area contributed by atoms with Crippen molar-refractivity contribution in [2.45, 2.75) is 31.1 Å². The molecule has 9 heteroatoms. The number of rotatable bonds is 5. The summed E-state index contributed by atoms with van der Waals surface area (Å²) >= 11 is 0. The second kappa shape index (κ2) is 7.16. The van der Waals surface area contributed by atoms with Crippen molar-refractivity contribution >= 4 is 15.9 Å². The predicted molar refractivity (Wildman–Crippen MR) is 82.8 cm³/mol. The van der Waals surface area contributed by atoms with E-state index < -0.39 is 49.6 Å². The van der Waals surface area contributed by atoms with Gasteiger partial charge in [0.2, 0.25) is 0 Å². The highest BCUT2D eigenvalue weighted by Gasteiger charge is 2.32. The van der Waals surface area contributed by atoms with Crippen LogP contribution in [0.1, 0.15) is 47.7 Å². The molecule has 0 spiro atoms. The Morgan fingerprint density at radius 2 is 1.46 bits per heavy atom. The van der Waals surface area contributed by atoms with Gasteiger partial charge < -0.3 is 4.55 Å². The summed E-state index contributed by atoms with van der Waals surface area (Å²) in [6, 6.07) is 5.52. The smallest absolute Gasteiger partial charge is 0.199 e. The van der Waals surface area contributed by atoms with Crippen LogP contribution in [0, 0.1) is 23.3 Å². The minimum atomic E-state index is -5.83. The van der Waals surface area contributed by atoms with Gasteiger partial charge in [0.05, 0.1) is 0 Å². The van der Waals surface area contributed by atoms with E-state index in [0.29, 0.717) is 0 Å². The maximum absolute atomic E-state index is 14.0. The van der Waals surface area contributed by atoms with E-state index >= 15 is 0 Å². The Bertz CT molecular complexity index is 940. The van der Waals surface area contributed by atoms with Gasteiger partial charge in [0.1, 0.15) is 20.6 Å². The number of benzene rings is 2. The average Bonchev–Trinajstić information content (AvgIpc) is 2.58. The summed E-state index contributed by atoms with van der Waals surface area (Å²) in [7, 11) is -5.83. The molecule has 0 aromatic heterocycles. The maximum atomic E-state index is 14.0. The van der Waals surface area contributed by atoms with Crippen LogP contribution in [0.5, 0.6) is 0 Å². The van der Waals surface area contributed by atoms with Crippen molar-refractivity contribution in [2.75, 3.05) is 0 Å². The quantitative estimate of drug-likeness (QED) is 0.337. The molecular weight excluding hydrogens is 376 g/mol. The predicted octanol–water partition coefficient (Wildman–Crippen LogP) is 3.89. The first-order valence-corrected chi connectivity index (χ1v) is 8.88. The topological polar surface area (TPSA) is 74.3 Å². The summed E-state index contributed by atoms with van der Waals surface area (Å²) in [4.78, 5) is 9.97. The summed E-state index contributed by atoms with van der Waals surface area (Å²) in [6.07, 6.45) is 0.804. The van der Waals surface area contributed by atoms with Crippen LogP contribution in [-0.2, 0) is 10.1 Å². The first-order chi connectivity index (χ1) is 12.0. The number of halogens is 4. The van der Waals surface area contributed by atoms with Crippen LogP contribution in [0.15, 0.2) is 29.2 Å². The highest BCUT2D eigenvalue weighted by molar-refractivity contribution is 7.85. The van der Waals surface area contributed by atoms with Crippen molar-refractivity contribution in [1.82, 2.24) is 0 Å². The maximum Gasteiger partial charge on any atom is 0.199 e. The Balaban J connectivity index is 2.61. The Kier molecular flexibility index (Phi) is 5.52. The van der Waals surface area contributed by atoms with Crippen LogP contribution >= 0.6 is 0 Å². The molecule has 0 aliphatic heterocycles. The number of ketones is 1. The summed E-state index contributed by atoms with van der Waals surface area (Å²) in [5, 5.41) is 0. The number of hydrogen-bond donors (Lipinski definition) is 0. The SMILES string of the molecule is CCC(C)c1ccc(C(=O)c2c(F)c(F)c(S(=O)(=O)[O-])c(F)c2F)cc1. The molecule has 26 heavy (non-hydrogen) atoms. The van der Waals surface area contributed by atoms with Gasteiger partial charge in [-0.1, -0.05) is 38.1 Å². The molecule has 4 nitrogen and oxygen atoms in total. The summed E-state index contributed by atoms with van der Waals surface area (Å²) in [6.45, 7) is 3.86. The van der Waals surface area contributed by atoms with Gasteiger partial charge in [-0.15, -0.1) is 0 Å². The van der Waals surface area contributed by atoms with E-state index in [-0.39, 0.29) is 11.5 Å². The lowest BCUT2D eigenvalue weighted by Crippen LogP contribution is -2.17. The molecule has 0 fully saturated rings. The van der Waals surface area contributed by atoms with Crippen molar-refractivity contribution in [3.05, 3.63) is 64.2 Å². The largest absolute Gasteiger partial charge is 0.744 e. The molecule has 2 aromatic rings. The molecule has 0 N–H and O–H groups in total. The second-order valence-corrected chi connectivity index (χ2v) is 6.99.